The van der Waals surface area contributed by atoms with Gasteiger partial charge in [0, 0.05) is 31.6 Å². The van der Waals surface area contributed by atoms with Gasteiger partial charge < -0.3 is 5.73 Å². The molecule has 2 saturated heterocycles. The average Bonchev–Trinajstić information content (AvgIpc) is 2.83. The molecule has 0 bridgehead atoms. The minimum Gasteiger partial charge on any atom is -0.393 e. The van der Waals surface area contributed by atoms with E-state index >= 15 is 0 Å². The summed E-state index contributed by atoms with van der Waals surface area (Å²) < 4.78 is 27.9. The van der Waals surface area contributed by atoms with Gasteiger partial charge in [-0.1, -0.05) is 19.1 Å². The molecule has 0 atom stereocenters. The molecule has 2 heterocycles. The maximum atomic E-state index is 12.4. The molecule has 0 unspecified atom stereocenters. The van der Waals surface area contributed by atoms with Gasteiger partial charge >= 0.3 is 0 Å². The molecule has 0 saturated carbocycles. The van der Waals surface area contributed by atoms with Crippen LogP contribution in [0.1, 0.15) is 32.6 Å². The van der Waals surface area contributed by atoms with Crippen LogP contribution in [0, 0.1) is 5.41 Å². The zero-order valence-corrected chi connectivity index (χ0v) is 12.4. The summed E-state index contributed by atoms with van der Waals surface area (Å²) in [7, 11) is -3.26. The average molecular weight is 291 g/mol. The normalized spacial score (nSPS) is 26.3. The van der Waals surface area contributed by atoms with Gasteiger partial charge in [0.2, 0.25) is 0 Å². The second-order valence-corrected chi connectivity index (χ2v) is 7.81. The van der Waals surface area contributed by atoms with Crippen molar-refractivity contribution in [1.29, 1.82) is 0 Å². The fourth-order valence-electron chi connectivity index (χ4n) is 2.54. The Hall–Kier alpha value is -0.240. The number of piperidine rings is 1. The van der Waals surface area contributed by atoms with Gasteiger partial charge in [-0.3, -0.25) is 0 Å². The number of nitrogens with two attached hydrogens (primary N) is 1. The molecule has 0 spiro atoms. The van der Waals surface area contributed by atoms with E-state index in [4.69, 9.17) is 18.0 Å². The van der Waals surface area contributed by atoms with Gasteiger partial charge in [0.1, 0.15) is 0 Å². The molecule has 104 valence electrons. The minimum atomic E-state index is -3.26. The Morgan fingerprint density at radius 3 is 2.00 bits per heavy atom. The maximum absolute atomic E-state index is 12.4. The lowest BCUT2D eigenvalue weighted by atomic mass is 9.81. The standard InChI is InChI=1S/C11H21N3O2S2/c1-11(10(12)17)4-8-14(9-5-11)18(15,16)13-6-2-3-7-13/h2-9H2,1H3,(H2,12,17). The number of hydrogen-bond donors (Lipinski definition) is 1. The van der Waals surface area contributed by atoms with Gasteiger partial charge in [-0.25, -0.2) is 0 Å². The van der Waals surface area contributed by atoms with E-state index in [1.807, 2.05) is 6.92 Å². The van der Waals surface area contributed by atoms with Crippen molar-refractivity contribution >= 4 is 27.4 Å². The van der Waals surface area contributed by atoms with Crippen molar-refractivity contribution in [2.45, 2.75) is 32.6 Å². The lowest BCUT2D eigenvalue weighted by molar-refractivity contribution is 0.232. The Morgan fingerprint density at radius 1 is 1.11 bits per heavy atom. The van der Waals surface area contributed by atoms with E-state index in [2.05, 4.69) is 0 Å². The molecule has 2 aliphatic heterocycles. The molecule has 0 aliphatic carbocycles. The van der Waals surface area contributed by atoms with Crippen LogP contribution in [0.5, 0.6) is 0 Å². The smallest absolute Gasteiger partial charge is 0.281 e. The number of rotatable bonds is 3. The number of thiocarbonyl (C=S) groups is 1. The van der Waals surface area contributed by atoms with Gasteiger partial charge in [-0.05, 0) is 25.7 Å². The van der Waals surface area contributed by atoms with Crippen LogP contribution < -0.4 is 5.73 Å². The fourth-order valence-corrected chi connectivity index (χ4v) is 4.43. The summed E-state index contributed by atoms with van der Waals surface area (Å²) in [6.45, 7) is 4.38. The van der Waals surface area contributed by atoms with Crippen molar-refractivity contribution in [3.8, 4) is 0 Å². The molecular formula is C11H21N3O2S2. The molecule has 2 N–H and O–H groups in total. The van der Waals surface area contributed by atoms with Crippen molar-refractivity contribution in [3.05, 3.63) is 0 Å². The van der Waals surface area contributed by atoms with Gasteiger partial charge in [0.15, 0.2) is 0 Å². The molecular weight excluding hydrogens is 270 g/mol. The van der Waals surface area contributed by atoms with Crippen LogP contribution in [0.3, 0.4) is 0 Å². The third-order valence-corrected chi connectivity index (χ3v) is 6.67. The van der Waals surface area contributed by atoms with E-state index in [0.29, 0.717) is 31.2 Å². The van der Waals surface area contributed by atoms with Gasteiger partial charge in [0.25, 0.3) is 10.2 Å². The summed E-state index contributed by atoms with van der Waals surface area (Å²) in [4.78, 5) is 0.501. The predicted molar refractivity (Wildman–Crippen MR) is 75.4 cm³/mol. The third-order valence-electron chi connectivity index (χ3n) is 4.14. The summed E-state index contributed by atoms with van der Waals surface area (Å²) >= 11 is 5.07. The topological polar surface area (TPSA) is 66.6 Å². The Morgan fingerprint density at radius 2 is 1.56 bits per heavy atom. The van der Waals surface area contributed by atoms with Crippen molar-refractivity contribution < 1.29 is 8.42 Å². The van der Waals surface area contributed by atoms with Crippen LogP contribution >= 0.6 is 12.2 Å². The maximum Gasteiger partial charge on any atom is 0.281 e. The zero-order valence-electron chi connectivity index (χ0n) is 10.8. The summed E-state index contributed by atoms with van der Waals surface area (Å²) in [5.41, 5.74) is 5.54. The molecule has 5 nitrogen and oxygen atoms in total. The molecule has 0 aromatic rings. The highest BCUT2D eigenvalue weighted by molar-refractivity contribution is 7.86. The molecule has 0 amide bonds. The Bertz CT molecular complexity index is 422. The molecule has 2 fully saturated rings. The highest BCUT2D eigenvalue weighted by Crippen LogP contribution is 2.33. The monoisotopic (exact) mass is 291 g/mol. The van der Waals surface area contributed by atoms with Crippen LogP contribution in [0.4, 0.5) is 0 Å². The Labute approximate surface area is 114 Å². The predicted octanol–water partition coefficient (Wildman–Crippen LogP) is 0.715. The van der Waals surface area contributed by atoms with Crippen LogP contribution in [0.15, 0.2) is 0 Å². The summed E-state index contributed by atoms with van der Waals surface area (Å²) in [6, 6.07) is 0. The van der Waals surface area contributed by atoms with Crippen LogP contribution in [0.25, 0.3) is 0 Å². The lowest BCUT2D eigenvalue weighted by Crippen LogP contribution is -2.50. The minimum absolute atomic E-state index is 0.188. The van der Waals surface area contributed by atoms with Gasteiger partial charge in [-0.15, -0.1) is 0 Å². The zero-order chi connectivity index (χ0) is 13.4. The molecule has 2 rings (SSSR count). The fraction of sp³-hybridized carbons (Fsp3) is 0.909. The van der Waals surface area contributed by atoms with Crippen LogP contribution in [-0.2, 0) is 10.2 Å². The van der Waals surface area contributed by atoms with E-state index in [-0.39, 0.29) is 5.41 Å². The first-order valence-electron chi connectivity index (χ1n) is 6.41. The highest BCUT2D eigenvalue weighted by Gasteiger charge is 2.39. The number of hydrogen-bond acceptors (Lipinski definition) is 3. The molecule has 0 aromatic heterocycles. The van der Waals surface area contributed by atoms with E-state index < -0.39 is 10.2 Å². The van der Waals surface area contributed by atoms with Crippen LogP contribution in [0.2, 0.25) is 0 Å². The quantitative estimate of drug-likeness (QED) is 0.778. The SMILES string of the molecule is CC1(C(N)=S)CCN(S(=O)(=O)N2CCCC2)CC1. The summed E-state index contributed by atoms with van der Waals surface area (Å²) in [5, 5.41) is 0. The first kappa shape index (κ1) is 14.2. The van der Waals surface area contributed by atoms with Crippen LogP contribution in [-0.4, -0.2) is 48.2 Å². The second kappa shape index (κ2) is 5.03. The van der Waals surface area contributed by atoms with E-state index in [1.54, 1.807) is 8.61 Å². The first-order chi connectivity index (χ1) is 8.36. The van der Waals surface area contributed by atoms with Crippen molar-refractivity contribution in [1.82, 2.24) is 8.61 Å². The molecule has 0 aromatic carbocycles. The molecule has 0 radical (unpaired) electrons. The van der Waals surface area contributed by atoms with E-state index in [1.165, 1.54) is 0 Å². The second-order valence-electron chi connectivity index (χ2n) is 5.44. The molecule has 2 aliphatic rings. The number of nitrogens with zero attached hydrogens (tertiary/aromatic N) is 2. The molecule has 18 heavy (non-hydrogen) atoms. The molecule has 7 heteroatoms. The largest absolute Gasteiger partial charge is 0.393 e. The first-order valence-corrected chi connectivity index (χ1v) is 8.22. The van der Waals surface area contributed by atoms with E-state index in [0.717, 1.165) is 25.7 Å². The Balaban J connectivity index is 2.03. The lowest BCUT2D eigenvalue weighted by Gasteiger charge is -2.39. The summed E-state index contributed by atoms with van der Waals surface area (Å²) in [6.07, 6.45) is 3.38. The van der Waals surface area contributed by atoms with Crippen molar-refractivity contribution in [2.24, 2.45) is 11.1 Å². The highest BCUT2D eigenvalue weighted by atomic mass is 32.2. The van der Waals surface area contributed by atoms with Crippen molar-refractivity contribution in [2.75, 3.05) is 26.2 Å². The Kier molecular flexibility index (Phi) is 3.96. The summed E-state index contributed by atoms with van der Waals surface area (Å²) in [5.74, 6) is 0. The van der Waals surface area contributed by atoms with Crippen molar-refractivity contribution in [3.63, 3.8) is 0 Å². The van der Waals surface area contributed by atoms with Gasteiger partial charge in [-0.2, -0.15) is 17.0 Å². The third kappa shape index (κ3) is 2.54. The van der Waals surface area contributed by atoms with Gasteiger partial charge in [0.05, 0.1) is 4.99 Å². The van der Waals surface area contributed by atoms with E-state index in [9.17, 15) is 8.42 Å².